The number of aromatic nitrogens is 2. The van der Waals surface area contributed by atoms with E-state index in [2.05, 4.69) is 31.2 Å². The highest BCUT2D eigenvalue weighted by molar-refractivity contribution is 9.10. The molecule has 0 saturated carbocycles. The highest BCUT2D eigenvalue weighted by atomic mass is 79.9. The Morgan fingerprint density at radius 3 is 2.14 bits per heavy atom. The van der Waals surface area contributed by atoms with Gasteiger partial charge in [-0.15, -0.1) is 0 Å². The molecule has 1 N–H and O–H groups in total. The second-order valence-electron chi connectivity index (χ2n) is 3.96. The molecule has 1 aromatic carbocycles. The number of ether oxygens (including phenoxy) is 2. The van der Waals surface area contributed by atoms with Gasteiger partial charge in [-0.1, -0.05) is 25.4 Å². The average Bonchev–Trinajstić information content (AvgIpc) is 2.54. The largest absolute Gasteiger partial charge is 0.496 e. The van der Waals surface area contributed by atoms with Crippen LogP contribution in [0.4, 0.5) is 11.6 Å². The lowest BCUT2D eigenvalue weighted by molar-refractivity contribution is 0.389. The van der Waals surface area contributed by atoms with Gasteiger partial charge in [-0.3, -0.25) is 0 Å². The van der Waals surface area contributed by atoms with E-state index in [-0.39, 0.29) is 0 Å². The summed E-state index contributed by atoms with van der Waals surface area (Å²) in [6, 6.07) is 3.69. The van der Waals surface area contributed by atoms with Crippen molar-refractivity contribution in [2.75, 3.05) is 19.5 Å². The van der Waals surface area contributed by atoms with Gasteiger partial charge in [0, 0.05) is 29.6 Å². The van der Waals surface area contributed by atoms with Gasteiger partial charge in [0.15, 0.2) is 0 Å². The van der Waals surface area contributed by atoms with Crippen LogP contribution in [0.2, 0.25) is 5.15 Å². The number of nitrogens with zero attached hydrogens (tertiary/aromatic N) is 2. The maximum atomic E-state index is 5.94. The highest BCUT2D eigenvalue weighted by Crippen LogP contribution is 2.33. The molecule has 0 saturated heterocycles. The summed E-state index contributed by atoms with van der Waals surface area (Å²) in [4.78, 5) is 8.25. The Morgan fingerprint density at radius 2 is 1.68 bits per heavy atom. The summed E-state index contributed by atoms with van der Waals surface area (Å²) >= 11 is 9.18. The molecule has 7 heteroatoms. The molecule has 0 bridgehead atoms. The second-order valence-corrected chi connectivity index (χ2v) is 5.18. The molecule has 0 radical (unpaired) electrons. The summed E-state index contributed by atoms with van der Waals surface area (Å²) in [6.07, 6.45) is 1.58. The Kier molecular flexibility index (Phi) is 7.41. The number of hydrogen-bond acceptors (Lipinski definition) is 5. The van der Waals surface area contributed by atoms with Crippen molar-refractivity contribution in [1.82, 2.24) is 9.97 Å². The molecule has 0 spiro atoms. The molecular weight excluding hydrogens is 370 g/mol. The first kappa shape index (κ1) is 18.5. The number of nitrogens with one attached hydrogen (secondary N) is 1. The van der Waals surface area contributed by atoms with E-state index in [4.69, 9.17) is 21.1 Å². The zero-order chi connectivity index (χ0) is 16.7. The molecule has 0 aliphatic carbocycles. The molecule has 2 rings (SSSR count). The quantitative estimate of drug-likeness (QED) is 0.748. The van der Waals surface area contributed by atoms with Crippen molar-refractivity contribution in [2.24, 2.45) is 0 Å². The van der Waals surface area contributed by atoms with Crippen molar-refractivity contribution in [1.29, 1.82) is 0 Å². The van der Waals surface area contributed by atoms with Crippen LogP contribution < -0.4 is 14.8 Å². The predicted octanol–water partition coefficient (Wildman–Crippen LogP) is 4.99. The molecule has 0 amide bonds. The molecule has 0 atom stereocenters. The number of anilines is 2. The van der Waals surface area contributed by atoms with Gasteiger partial charge in [-0.25, -0.2) is 4.98 Å². The van der Waals surface area contributed by atoms with E-state index in [1.54, 1.807) is 20.4 Å². The Morgan fingerprint density at radius 1 is 1.14 bits per heavy atom. The molecule has 0 aliphatic heterocycles. The van der Waals surface area contributed by atoms with Crippen LogP contribution >= 0.6 is 27.5 Å². The normalized spacial score (nSPS) is 9.59. The molecule has 1 aromatic heterocycles. The summed E-state index contributed by atoms with van der Waals surface area (Å²) < 4.78 is 11.3. The number of benzene rings is 1. The molecule has 120 valence electrons. The lowest BCUT2D eigenvalue weighted by Gasteiger charge is -2.13. The zero-order valence-electron chi connectivity index (χ0n) is 13.2. The van der Waals surface area contributed by atoms with E-state index in [1.165, 1.54) is 0 Å². The Balaban J connectivity index is 0.00000116. The van der Waals surface area contributed by atoms with Gasteiger partial charge in [-0.2, -0.15) is 4.98 Å². The van der Waals surface area contributed by atoms with Crippen LogP contribution in [0.5, 0.6) is 11.5 Å². The lowest BCUT2D eigenvalue weighted by Crippen LogP contribution is -2.00. The summed E-state index contributed by atoms with van der Waals surface area (Å²) in [6.45, 7) is 5.93. The smallest absolute Gasteiger partial charge is 0.228 e. The highest BCUT2D eigenvalue weighted by Gasteiger charge is 2.10. The Hall–Kier alpha value is -1.53. The molecule has 0 aliphatic rings. The van der Waals surface area contributed by atoms with Crippen molar-refractivity contribution in [3.63, 3.8) is 0 Å². The molecule has 22 heavy (non-hydrogen) atoms. The van der Waals surface area contributed by atoms with E-state index in [0.29, 0.717) is 15.6 Å². The minimum atomic E-state index is 0.341. The van der Waals surface area contributed by atoms with Crippen molar-refractivity contribution in [3.05, 3.63) is 33.5 Å². The van der Waals surface area contributed by atoms with Gasteiger partial charge in [0.2, 0.25) is 5.95 Å². The van der Waals surface area contributed by atoms with Gasteiger partial charge >= 0.3 is 0 Å². The Labute approximate surface area is 144 Å². The van der Waals surface area contributed by atoms with E-state index >= 15 is 0 Å². The third kappa shape index (κ3) is 4.48. The van der Waals surface area contributed by atoms with Crippen molar-refractivity contribution < 1.29 is 9.47 Å². The van der Waals surface area contributed by atoms with E-state index in [0.717, 1.165) is 22.7 Å². The van der Waals surface area contributed by atoms with Gasteiger partial charge in [0.05, 0.1) is 18.7 Å². The molecule has 0 fully saturated rings. The minimum Gasteiger partial charge on any atom is -0.496 e. The summed E-state index contributed by atoms with van der Waals surface area (Å²) in [5.41, 5.74) is 1.68. The average molecular weight is 389 g/mol. The van der Waals surface area contributed by atoms with Crippen LogP contribution in [0.1, 0.15) is 19.4 Å². The van der Waals surface area contributed by atoms with Crippen LogP contribution in [-0.4, -0.2) is 24.2 Å². The molecule has 1 heterocycles. The van der Waals surface area contributed by atoms with Gasteiger partial charge in [-0.05, 0) is 22.9 Å². The van der Waals surface area contributed by atoms with Gasteiger partial charge < -0.3 is 14.8 Å². The first-order chi connectivity index (χ1) is 10.5. The third-order valence-electron chi connectivity index (χ3n) is 2.71. The van der Waals surface area contributed by atoms with Crippen molar-refractivity contribution >= 4 is 39.2 Å². The number of halogens is 2. The topological polar surface area (TPSA) is 56.3 Å². The Bertz CT molecular complexity index is 613. The molecule has 0 unspecified atom stereocenters. The molecular formula is C15H19BrClN3O2. The first-order valence-electron chi connectivity index (χ1n) is 6.73. The number of hydrogen-bond donors (Lipinski definition) is 1. The van der Waals surface area contributed by atoms with Crippen molar-refractivity contribution in [2.45, 2.75) is 20.8 Å². The van der Waals surface area contributed by atoms with Crippen LogP contribution in [0.25, 0.3) is 0 Å². The van der Waals surface area contributed by atoms with E-state index in [1.807, 2.05) is 32.9 Å². The fourth-order valence-corrected chi connectivity index (χ4v) is 2.01. The minimum absolute atomic E-state index is 0.341. The fourth-order valence-electron chi connectivity index (χ4n) is 1.69. The van der Waals surface area contributed by atoms with Crippen LogP contribution in [0.3, 0.4) is 0 Å². The first-order valence-corrected chi connectivity index (χ1v) is 7.90. The maximum Gasteiger partial charge on any atom is 0.228 e. The molecule has 5 nitrogen and oxygen atoms in total. The summed E-state index contributed by atoms with van der Waals surface area (Å²) in [5, 5.41) is 3.40. The zero-order valence-corrected chi connectivity index (χ0v) is 15.5. The fraction of sp³-hybridized carbons (Fsp3) is 0.333. The van der Waals surface area contributed by atoms with Crippen molar-refractivity contribution in [3.8, 4) is 11.5 Å². The second kappa shape index (κ2) is 8.80. The standard InChI is InChI=1S/C13H13BrClN3O2.C2H6/c1-7-10(19-2)4-8(5-11(7)20-3)17-13-16-6-9(14)12(15)18-13;1-2/h4-6H,1-3H3,(H,16,17,18);1-2H3. The summed E-state index contributed by atoms with van der Waals surface area (Å²) in [7, 11) is 3.22. The maximum absolute atomic E-state index is 5.94. The van der Waals surface area contributed by atoms with Crippen LogP contribution in [0.15, 0.2) is 22.8 Å². The van der Waals surface area contributed by atoms with Gasteiger partial charge in [0.25, 0.3) is 0 Å². The van der Waals surface area contributed by atoms with Gasteiger partial charge in [0.1, 0.15) is 16.7 Å². The monoisotopic (exact) mass is 387 g/mol. The van der Waals surface area contributed by atoms with Crippen LogP contribution in [0, 0.1) is 6.92 Å². The lowest BCUT2D eigenvalue weighted by atomic mass is 10.2. The van der Waals surface area contributed by atoms with E-state index < -0.39 is 0 Å². The molecule has 2 aromatic rings. The predicted molar refractivity (Wildman–Crippen MR) is 93.7 cm³/mol. The van der Waals surface area contributed by atoms with Crippen LogP contribution in [-0.2, 0) is 0 Å². The summed E-state index contributed by atoms with van der Waals surface area (Å²) in [5.74, 6) is 1.83. The third-order valence-corrected chi connectivity index (χ3v) is 3.81. The number of methoxy groups -OCH3 is 2. The number of rotatable bonds is 4. The van der Waals surface area contributed by atoms with E-state index in [9.17, 15) is 0 Å². The SMILES string of the molecule is CC.COc1cc(Nc2ncc(Br)c(Cl)n2)cc(OC)c1C.